The molecule has 8 atom stereocenters. The summed E-state index contributed by atoms with van der Waals surface area (Å²) < 4.78 is 11.7. The van der Waals surface area contributed by atoms with Crippen LogP contribution in [0.2, 0.25) is 0 Å². The second kappa shape index (κ2) is 5.46. The van der Waals surface area contributed by atoms with Crippen LogP contribution in [0.25, 0.3) is 0 Å². The predicted octanol–water partition coefficient (Wildman–Crippen LogP) is 4.58. The molecule has 0 aromatic carbocycles. The zero-order chi connectivity index (χ0) is 21.1. The minimum Gasteiger partial charge on any atom is -0.472 e. The molecule has 6 rings (SSSR count). The van der Waals surface area contributed by atoms with Gasteiger partial charge in [-0.25, -0.2) is 0 Å². The van der Waals surface area contributed by atoms with Crippen molar-refractivity contribution < 1.29 is 19.1 Å². The lowest BCUT2D eigenvalue weighted by Crippen LogP contribution is -2.65. The van der Waals surface area contributed by atoms with Crippen molar-refractivity contribution in [3.8, 4) is 0 Å². The summed E-state index contributed by atoms with van der Waals surface area (Å²) in [7, 11) is 0. The van der Waals surface area contributed by atoms with Gasteiger partial charge in [-0.15, -0.1) is 0 Å². The average molecular weight is 407 g/mol. The van der Waals surface area contributed by atoms with Crippen LogP contribution in [-0.2, 0) is 9.53 Å². The van der Waals surface area contributed by atoms with E-state index in [0.717, 1.165) is 18.4 Å². The summed E-state index contributed by atoms with van der Waals surface area (Å²) in [5.74, 6) is 0.432. The number of furan rings is 1. The summed E-state index contributed by atoms with van der Waals surface area (Å²) in [6.07, 6.45) is 12.8. The SMILES string of the molecule is C[C@]12C(=CC[C@@]3(C)C1=CC[C@@H]3c1ccoc1)[C@]1(C)C(=O)C=C[C@]3(C)CO[C@H]([C@@H]2O)[C@@H]13. The first-order valence-corrected chi connectivity index (χ1v) is 11.1. The molecule has 1 aromatic heterocycles. The van der Waals surface area contributed by atoms with Crippen molar-refractivity contribution in [1.82, 2.24) is 0 Å². The average Bonchev–Trinajstić information content (AvgIpc) is 3.41. The van der Waals surface area contributed by atoms with Gasteiger partial charge < -0.3 is 14.3 Å². The fraction of sp³-hybridized carbons (Fsp3) is 0.577. The minimum absolute atomic E-state index is 0.0344. The largest absolute Gasteiger partial charge is 0.472 e. The van der Waals surface area contributed by atoms with Crippen LogP contribution < -0.4 is 0 Å². The zero-order valence-electron chi connectivity index (χ0n) is 18.1. The van der Waals surface area contributed by atoms with Crippen LogP contribution in [0, 0.1) is 27.6 Å². The summed E-state index contributed by atoms with van der Waals surface area (Å²) in [6.45, 7) is 9.29. The first-order chi connectivity index (χ1) is 14.2. The summed E-state index contributed by atoms with van der Waals surface area (Å²) in [5.41, 5.74) is 2.00. The fourth-order valence-electron chi connectivity index (χ4n) is 8.16. The van der Waals surface area contributed by atoms with Gasteiger partial charge in [-0.05, 0) is 55.9 Å². The normalized spacial score (nSPS) is 51.2. The Labute approximate surface area is 177 Å². The molecular weight excluding hydrogens is 376 g/mol. The molecule has 4 aliphatic carbocycles. The van der Waals surface area contributed by atoms with E-state index in [1.54, 1.807) is 12.3 Å². The number of aliphatic hydroxyl groups excluding tert-OH is 1. The number of carbonyl (C=O) groups excluding carboxylic acids is 1. The monoisotopic (exact) mass is 406 g/mol. The number of allylic oxidation sites excluding steroid dienone is 3. The molecule has 4 nitrogen and oxygen atoms in total. The Hall–Kier alpha value is -1.91. The van der Waals surface area contributed by atoms with Gasteiger partial charge in [0.25, 0.3) is 0 Å². The maximum atomic E-state index is 13.4. The highest BCUT2D eigenvalue weighted by atomic mass is 16.5. The lowest BCUT2D eigenvalue weighted by Gasteiger charge is -2.62. The maximum absolute atomic E-state index is 13.4. The predicted molar refractivity (Wildman–Crippen MR) is 113 cm³/mol. The quantitative estimate of drug-likeness (QED) is 0.694. The molecule has 5 aliphatic rings. The lowest BCUT2D eigenvalue weighted by molar-refractivity contribution is -0.145. The van der Waals surface area contributed by atoms with Gasteiger partial charge >= 0.3 is 0 Å². The molecule has 4 heteroatoms. The third-order valence-corrected chi connectivity index (χ3v) is 9.57. The smallest absolute Gasteiger partial charge is 0.165 e. The van der Waals surface area contributed by atoms with Crippen LogP contribution in [0.3, 0.4) is 0 Å². The Morgan fingerprint density at radius 2 is 1.90 bits per heavy atom. The van der Waals surface area contributed by atoms with Crippen molar-refractivity contribution >= 4 is 5.78 Å². The highest BCUT2D eigenvalue weighted by Gasteiger charge is 2.72. The van der Waals surface area contributed by atoms with Gasteiger partial charge in [0.15, 0.2) is 5.78 Å². The number of carbonyl (C=O) groups is 1. The molecule has 158 valence electrons. The van der Waals surface area contributed by atoms with Gasteiger partial charge in [0.2, 0.25) is 0 Å². The van der Waals surface area contributed by atoms with Crippen LogP contribution in [-0.4, -0.2) is 29.7 Å². The Morgan fingerprint density at radius 3 is 2.63 bits per heavy atom. The molecule has 2 fully saturated rings. The Kier molecular flexibility index (Phi) is 3.43. The molecule has 0 unspecified atom stereocenters. The number of fused-ring (bicyclic) bond motifs is 4. The second-order valence-corrected chi connectivity index (χ2v) is 11.0. The molecule has 1 saturated carbocycles. The Balaban J connectivity index is 1.56. The number of hydrogen-bond acceptors (Lipinski definition) is 4. The summed E-state index contributed by atoms with van der Waals surface area (Å²) >= 11 is 0. The van der Waals surface area contributed by atoms with E-state index in [4.69, 9.17) is 9.15 Å². The standard InChI is InChI=1S/C26H30O4/c1-23-10-8-19(27)26(4)18-7-11-24(2)16(15-9-12-29-13-15)5-6-17(24)25(18,3)22(28)20(21(23)26)30-14-23/h6-10,12-13,16,20-22,28H,5,11,14H2,1-4H3/t16-,20+,21-,22+,23-,24-,25-,26-/m1/s1. The molecule has 1 aliphatic heterocycles. The van der Waals surface area contributed by atoms with Crippen LogP contribution in [0.15, 0.2) is 58.5 Å². The van der Waals surface area contributed by atoms with Crippen LogP contribution in [0.4, 0.5) is 0 Å². The highest BCUT2D eigenvalue weighted by Crippen LogP contribution is 2.72. The molecule has 0 spiro atoms. The summed E-state index contributed by atoms with van der Waals surface area (Å²) in [5, 5.41) is 11.8. The van der Waals surface area contributed by atoms with E-state index in [0.29, 0.717) is 12.5 Å². The van der Waals surface area contributed by atoms with Crippen molar-refractivity contribution in [2.75, 3.05) is 6.61 Å². The Bertz CT molecular complexity index is 1030. The Morgan fingerprint density at radius 1 is 1.10 bits per heavy atom. The highest BCUT2D eigenvalue weighted by molar-refractivity contribution is 5.99. The molecule has 2 heterocycles. The van der Waals surface area contributed by atoms with Crippen molar-refractivity contribution in [3.05, 3.63) is 59.6 Å². The van der Waals surface area contributed by atoms with Crippen molar-refractivity contribution in [2.24, 2.45) is 27.6 Å². The minimum atomic E-state index is -0.670. The van der Waals surface area contributed by atoms with Gasteiger partial charge in [0.1, 0.15) is 0 Å². The van der Waals surface area contributed by atoms with Gasteiger partial charge in [0.05, 0.1) is 36.8 Å². The van der Waals surface area contributed by atoms with E-state index in [2.05, 4.69) is 45.9 Å². The van der Waals surface area contributed by atoms with Crippen LogP contribution >= 0.6 is 0 Å². The third-order valence-electron chi connectivity index (χ3n) is 9.57. The van der Waals surface area contributed by atoms with E-state index >= 15 is 0 Å². The fourth-order valence-corrected chi connectivity index (χ4v) is 8.16. The van der Waals surface area contributed by atoms with E-state index in [-0.39, 0.29) is 28.6 Å². The maximum Gasteiger partial charge on any atom is 0.165 e. The molecular formula is C26H30O4. The van der Waals surface area contributed by atoms with Crippen LogP contribution in [0.1, 0.15) is 52.0 Å². The van der Waals surface area contributed by atoms with E-state index < -0.39 is 16.9 Å². The molecule has 1 saturated heterocycles. The first kappa shape index (κ1) is 18.8. The van der Waals surface area contributed by atoms with Crippen molar-refractivity contribution in [2.45, 2.75) is 58.7 Å². The van der Waals surface area contributed by atoms with Crippen LogP contribution in [0.5, 0.6) is 0 Å². The van der Waals surface area contributed by atoms with Gasteiger partial charge in [-0.1, -0.05) is 37.6 Å². The molecule has 30 heavy (non-hydrogen) atoms. The number of rotatable bonds is 1. The third kappa shape index (κ3) is 1.86. The molecule has 1 N–H and O–H groups in total. The number of ether oxygens (including phenoxy) is 1. The van der Waals surface area contributed by atoms with Crippen molar-refractivity contribution in [3.63, 3.8) is 0 Å². The zero-order valence-corrected chi connectivity index (χ0v) is 18.1. The van der Waals surface area contributed by atoms with E-state index in [1.807, 2.05) is 12.3 Å². The van der Waals surface area contributed by atoms with Crippen molar-refractivity contribution in [1.29, 1.82) is 0 Å². The topological polar surface area (TPSA) is 59.7 Å². The van der Waals surface area contributed by atoms with E-state index in [9.17, 15) is 9.90 Å². The number of ketones is 1. The second-order valence-electron chi connectivity index (χ2n) is 11.0. The van der Waals surface area contributed by atoms with E-state index in [1.165, 1.54) is 11.1 Å². The summed E-state index contributed by atoms with van der Waals surface area (Å²) in [4.78, 5) is 13.4. The van der Waals surface area contributed by atoms with Gasteiger partial charge in [0, 0.05) is 22.2 Å². The molecule has 0 bridgehead atoms. The summed E-state index contributed by atoms with van der Waals surface area (Å²) in [6, 6.07) is 2.06. The van der Waals surface area contributed by atoms with Gasteiger partial charge in [-0.3, -0.25) is 4.79 Å². The number of aliphatic hydroxyl groups is 1. The lowest BCUT2D eigenvalue weighted by atomic mass is 9.41. The molecule has 1 aromatic rings. The molecule has 0 radical (unpaired) electrons. The number of hydrogen-bond donors (Lipinski definition) is 1. The molecule has 0 amide bonds. The first-order valence-electron chi connectivity index (χ1n) is 11.1. The van der Waals surface area contributed by atoms with Gasteiger partial charge in [-0.2, -0.15) is 0 Å².